The molecule has 26 heavy (non-hydrogen) atoms. The third-order valence-electron chi connectivity index (χ3n) is 4.57. The molecule has 1 aliphatic carbocycles. The minimum atomic E-state index is -0.143. The number of hydrogen-bond acceptors (Lipinski definition) is 4. The van der Waals surface area contributed by atoms with Crippen molar-refractivity contribution in [2.24, 2.45) is 4.99 Å². The molecular weight excluding hydrogens is 324 g/mol. The largest absolute Gasteiger partial charge is 0.365 e. The van der Waals surface area contributed by atoms with Gasteiger partial charge in [0.2, 0.25) is 0 Å². The van der Waals surface area contributed by atoms with E-state index in [4.69, 9.17) is 5.26 Å². The Balaban J connectivity index is 2.15. The maximum atomic E-state index is 12.8. The van der Waals surface area contributed by atoms with Crippen molar-refractivity contribution in [1.29, 1.82) is 5.26 Å². The molecule has 2 rings (SSSR count). The molecule has 0 bridgehead atoms. The first kappa shape index (κ1) is 19.5. The summed E-state index contributed by atoms with van der Waals surface area (Å²) in [5, 5.41) is 15.2. The molecule has 0 heterocycles. The fourth-order valence-electron chi connectivity index (χ4n) is 2.71. The van der Waals surface area contributed by atoms with Crippen LogP contribution in [-0.2, 0) is 11.3 Å². The average Bonchev–Trinajstić information content (AvgIpc) is 3.35. The van der Waals surface area contributed by atoms with Crippen LogP contribution in [0.1, 0.15) is 51.7 Å². The predicted octanol–water partition coefficient (Wildman–Crippen LogP) is 3.59. The van der Waals surface area contributed by atoms with Crippen LogP contribution in [0.3, 0.4) is 0 Å². The molecule has 0 spiro atoms. The zero-order valence-corrected chi connectivity index (χ0v) is 15.9. The van der Waals surface area contributed by atoms with Gasteiger partial charge in [-0.15, -0.1) is 0 Å². The van der Waals surface area contributed by atoms with E-state index < -0.39 is 0 Å². The highest BCUT2D eigenvalue weighted by molar-refractivity contribution is 5.98. The molecule has 1 aromatic rings. The molecule has 2 N–H and O–H groups in total. The predicted molar refractivity (Wildman–Crippen MR) is 104 cm³/mol. The Morgan fingerprint density at radius 1 is 1.27 bits per heavy atom. The Morgan fingerprint density at radius 2 is 1.88 bits per heavy atom. The molecule has 0 unspecified atom stereocenters. The van der Waals surface area contributed by atoms with E-state index in [1.54, 1.807) is 12.1 Å². The van der Waals surface area contributed by atoms with Gasteiger partial charge in [0.05, 0.1) is 11.6 Å². The summed E-state index contributed by atoms with van der Waals surface area (Å²) < 4.78 is 0. The summed E-state index contributed by atoms with van der Waals surface area (Å²) >= 11 is 0. The highest BCUT2D eigenvalue weighted by Crippen LogP contribution is 2.36. The Morgan fingerprint density at radius 3 is 2.35 bits per heavy atom. The minimum Gasteiger partial charge on any atom is -0.365 e. The van der Waals surface area contributed by atoms with Crippen LogP contribution >= 0.6 is 0 Å². The van der Waals surface area contributed by atoms with Crippen LogP contribution in [0.15, 0.2) is 51.8 Å². The van der Waals surface area contributed by atoms with Crippen LogP contribution in [0.25, 0.3) is 0 Å². The summed E-state index contributed by atoms with van der Waals surface area (Å²) in [5.41, 5.74) is 3.94. The van der Waals surface area contributed by atoms with E-state index in [0.29, 0.717) is 23.5 Å². The van der Waals surface area contributed by atoms with Crippen molar-refractivity contribution in [3.63, 3.8) is 0 Å². The summed E-state index contributed by atoms with van der Waals surface area (Å²) in [6, 6.07) is 9.26. The van der Waals surface area contributed by atoms with E-state index in [2.05, 4.69) is 35.3 Å². The van der Waals surface area contributed by atoms with Crippen LogP contribution in [0, 0.1) is 11.3 Å². The summed E-state index contributed by atoms with van der Waals surface area (Å²) in [7, 11) is 0. The smallest absolute Gasteiger partial charge is 0.251 e. The zero-order chi connectivity index (χ0) is 19.3. The highest BCUT2D eigenvalue weighted by Gasteiger charge is 2.38. The van der Waals surface area contributed by atoms with Crippen molar-refractivity contribution in [2.75, 3.05) is 0 Å². The van der Waals surface area contributed by atoms with Crippen molar-refractivity contribution >= 4 is 12.6 Å². The van der Waals surface area contributed by atoms with E-state index in [-0.39, 0.29) is 11.4 Å². The molecule has 1 amide bonds. The van der Waals surface area contributed by atoms with E-state index >= 15 is 0 Å². The Kier molecular flexibility index (Phi) is 5.99. The van der Waals surface area contributed by atoms with Crippen LogP contribution in [0.4, 0.5) is 0 Å². The number of carbonyl (C=O) groups excluding carboxylic acids is 1. The first-order valence-corrected chi connectivity index (χ1v) is 8.70. The second-order valence-electron chi connectivity index (χ2n) is 7.18. The molecule has 5 heteroatoms. The third-order valence-corrected chi connectivity index (χ3v) is 4.57. The SMILES string of the molecule is C=N/C(NC1(C)CC1)=C(\C)C(C(=O)NCc1ccc(C#N)cc1)=C(C)C. The van der Waals surface area contributed by atoms with Crippen molar-refractivity contribution < 1.29 is 4.79 Å². The van der Waals surface area contributed by atoms with Gasteiger partial charge in [-0.1, -0.05) is 17.7 Å². The summed E-state index contributed by atoms with van der Waals surface area (Å²) in [5.74, 6) is 0.519. The van der Waals surface area contributed by atoms with Gasteiger partial charge in [-0.3, -0.25) is 4.79 Å². The first-order chi connectivity index (χ1) is 12.3. The monoisotopic (exact) mass is 350 g/mol. The lowest BCUT2D eigenvalue weighted by Crippen LogP contribution is -2.30. The molecule has 1 fully saturated rings. The maximum Gasteiger partial charge on any atom is 0.251 e. The number of rotatable bonds is 7. The van der Waals surface area contributed by atoms with Gasteiger partial charge in [-0.25, -0.2) is 4.99 Å². The lowest BCUT2D eigenvalue weighted by molar-refractivity contribution is -0.117. The number of hydrogen-bond donors (Lipinski definition) is 2. The van der Waals surface area contributed by atoms with Crippen molar-refractivity contribution in [1.82, 2.24) is 10.6 Å². The maximum absolute atomic E-state index is 12.8. The quantitative estimate of drug-likeness (QED) is 0.448. The Hall–Kier alpha value is -2.87. The van der Waals surface area contributed by atoms with Crippen molar-refractivity contribution in [3.05, 3.63) is 57.9 Å². The van der Waals surface area contributed by atoms with Crippen LogP contribution in [0.5, 0.6) is 0 Å². The van der Waals surface area contributed by atoms with E-state index in [0.717, 1.165) is 29.6 Å². The first-order valence-electron chi connectivity index (χ1n) is 8.70. The molecule has 5 nitrogen and oxygen atoms in total. The number of benzene rings is 1. The van der Waals surface area contributed by atoms with E-state index in [9.17, 15) is 4.79 Å². The van der Waals surface area contributed by atoms with Gasteiger partial charge in [0.15, 0.2) is 0 Å². The van der Waals surface area contributed by atoms with Crippen molar-refractivity contribution in [3.8, 4) is 6.07 Å². The molecule has 1 aromatic carbocycles. The van der Waals surface area contributed by atoms with Crippen LogP contribution in [0.2, 0.25) is 0 Å². The van der Waals surface area contributed by atoms with Crippen LogP contribution in [-0.4, -0.2) is 18.2 Å². The average molecular weight is 350 g/mol. The molecule has 136 valence electrons. The third kappa shape index (κ3) is 4.82. The fraction of sp³-hybridized carbons (Fsp3) is 0.381. The molecule has 0 aliphatic heterocycles. The van der Waals surface area contributed by atoms with E-state index in [1.165, 1.54) is 0 Å². The second kappa shape index (κ2) is 8.01. The molecular formula is C21H26N4O. The van der Waals surface area contributed by atoms with Gasteiger partial charge in [0.1, 0.15) is 5.82 Å². The lowest BCUT2D eigenvalue weighted by Gasteiger charge is -2.18. The number of nitriles is 1. The van der Waals surface area contributed by atoms with Gasteiger partial charge >= 0.3 is 0 Å². The number of nitrogens with zero attached hydrogens (tertiary/aromatic N) is 2. The van der Waals surface area contributed by atoms with Crippen molar-refractivity contribution in [2.45, 2.75) is 52.6 Å². The van der Waals surface area contributed by atoms with Gasteiger partial charge < -0.3 is 10.6 Å². The van der Waals surface area contributed by atoms with Gasteiger partial charge in [0.25, 0.3) is 5.91 Å². The summed E-state index contributed by atoms with van der Waals surface area (Å²) in [6.07, 6.45) is 2.18. The topological polar surface area (TPSA) is 77.3 Å². The Bertz CT molecular complexity index is 801. The Labute approximate surface area is 155 Å². The van der Waals surface area contributed by atoms with Crippen LogP contribution < -0.4 is 10.6 Å². The molecule has 0 aromatic heterocycles. The lowest BCUT2D eigenvalue weighted by atomic mass is 10.0. The highest BCUT2D eigenvalue weighted by atomic mass is 16.1. The standard InChI is InChI=1S/C21H26N4O/c1-14(2)18(15(3)19(23-5)25-21(4)10-11-21)20(26)24-13-17-8-6-16(12-22)7-9-17/h6-9,25H,5,10-11,13H2,1-4H3,(H,24,26)/b19-15-. The molecule has 1 aliphatic rings. The van der Waals surface area contributed by atoms with E-state index in [1.807, 2.05) is 32.9 Å². The summed E-state index contributed by atoms with van der Waals surface area (Å²) in [6.45, 7) is 11.9. The summed E-state index contributed by atoms with van der Waals surface area (Å²) in [4.78, 5) is 16.9. The second-order valence-corrected chi connectivity index (χ2v) is 7.18. The number of aliphatic imine (C=N–C) groups is 1. The molecule has 0 radical (unpaired) electrons. The van der Waals surface area contributed by atoms with Gasteiger partial charge in [-0.05, 0) is 65.0 Å². The van der Waals surface area contributed by atoms with Gasteiger partial charge in [-0.2, -0.15) is 5.26 Å². The normalized spacial score (nSPS) is 15.2. The molecule has 0 saturated heterocycles. The number of nitrogens with one attached hydrogen (secondary N) is 2. The number of allylic oxidation sites excluding steroid dienone is 1. The minimum absolute atomic E-state index is 0.0590. The van der Waals surface area contributed by atoms with Gasteiger partial charge in [0, 0.05) is 23.2 Å². The zero-order valence-electron chi connectivity index (χ0n) is 15.9. The number of carbonyl (C=O) groups is 1. The number of amides is 1. The molecule has 1 saturated carbocycles. The fourth-order valence-corrected chi connectivity index (χ4v) is 2.71. The molecule has 0 atom stereocenters.